The Balaban J connectivity index is 0.000000130. The molecule has 0 unspecified atom stereocenters. The number of nitrogens with zero attached hydrogens (tertiary/aromatic N) is 18. The van der Waals surface area contributed by atoms with E-state index in [2.05, 4.69) is 165 Å². The van der Waals surface area contributed by atoms with Gasteiger partial charge in [0, 0.05) is 224 Å². The van der Waals surface area contributed by atoms with Gasteiger partial charge in [0.2, 0.25) is 17.8 Å². The normalized spacial score (nSPS) is 14.7. The van der Waals surface area contributed by atoms with E-state index >= 15 is 0 Å². The first kappa shape index (κ1) is 63.8. The van der Waals surface area contributed by atoms with Gasteiger partial charge >= 0.3 is 0 Å². The average molecular weight is 1290 g/mol. The Hall–Kier alpha value is -11.0. The van der Waals surface area contributed by atoms with Crippen molar-refractivity contribution in [3.63, 3.8) is 0 Å². The topological polar surface area (TPSA) is 214 Å². The quantitative estimate of drug-likeness (QED) is 0.0870. The molecule has 0 saturated carbocycles. The Morgan fingerprint density at radius 2 is 0.615 bits per heavy atom. The highest BCUT2D eigenvalue weighted by atomic mass is 16.5. The number of fused-ring (bicyclic) bond motifs is 3. The van der Waals surface area contributed by atoms with Crippen LogP contribution in [0.4, 0.5) is 52.0 Å². The van der Waals surface area contributed by atoms with Crippen molar-refractivity contribution in [1.29, 1.82) is 0 Å². The number of benzene rings is 3. The first-order valence-electron chi connectivity index (χ1n) is 32.2. The first-order chi connectivity index (χ1) is 46.9. The van der Waals surface area contributed by atoms with E-state index in [9.17, 15) is 0 Å². The van der Waals surface area contributed by atoms with E-state index in [1.54, 1.807) is 58.5 Å². The smallest absolute Gasteiger partial charge is 0.227 e. The van der Waals surface area contributed by atoms with Crippen LogP contribution in [0.5, 0.6) is 17.2 Å². The summed E-state index contributed by atoms with van der Waals surface area (Å²) in [5, 5.41) is 13.3. The molecule has 3 fully saturated rings. The Morgan fingerprint density at radius 3 is 0.885 bits per heavy atom. The highest BCUT2D eigenvalue weighted by molar-refractivity contribution is 5.97. The van der Waals surface area contributed by atoms with Gasteiger partial charge in [0.25, 0.3) is 0 Å². The molecule has 3 aromatic carbocycles. The van der Waals surface area contributed by atoms with Gasteiger partial charge in [-0.25, -0.2) is 29.9 Å². The number of hydrogen-bond acceptors (Lipinski definition) is 21. The molecule has 0 amide bonds. The maximum atomic E-state index is 5.68. The van der Waals surface area contributed by atoms with Crippen LogP contribution in [-0.4, -0.2) is 194 Å². The van der Waals surface area contributed by atoms with Crippen LogP contribution in [0, 0.1) is 0 Å². The second-order valence-electron chi connectivity index (χ2n) is 24.3. The third kappa shape index (κ3) is 14.1. The summed E-state index contributed by atoms with van der Waals surface area (Å²) in [5.74, 6) is 3.89. The molecular weight excluding hydrogens is 1210 g/mol. The fraction of sp³-hybridized carbons (Fsp3) is 0.292. The van der Waals surface area contributed by atoms with E-state index in [1.165, 1.54) is 17.1 Å². The van der Waals surface area contributed by atoms with Crippen LogP contribution in [0.1, 0.15) is 0 Å². The maximum Gasteiger partial charge on any atom is 0.227 e. The molecule has 24 nitrogen and oxygen atoms in total. The second kappa shape index (κ2) is 28.7. The molecule has 24 heteroatoms. The van der Waals surface area contributed by atoms with E-state index in [1.807, 2.05) is 94.3 Å². The monoisotopic (exact) mass is 1290 g/mol. The Morgan fingerprint density at radius 1 is 0.333 bits per heavy atom. The Labute approximate surface area is 558 Å². The zero-order valence-corrected chi connectivity index (χ0v) is 55.8. The number of nitrogens with one attached hydrogen (secondary N) is 3. The van der Waals surface area contributed by atoms with Crippen LogP contribution in [0.3, 0.4) is 0 Å². The number of anilines is 9. The van der Waals surface area contributed by atoms with Crippen LogP contribution < -0.4 is 44.9 Å². The lowest BCUT2D eigenvalue weighted by Crippen LogP contribution is -2.44. The fourth-order valence-electron chi connectivity index (χ4n) is 12.5. The molecule has 0 bridgehead atoms. The average Bonchev–Trinajstić information content (AvgIpc) is 1.65. The number of aryl methyl sites for hydroxylation is 3. The maximum absolute atomic E-state index is 5.68. The fourth-order valence-corrected chi connectivity index (χ4v) is 12.5. The number of piperazine rings is 3. The first-order valence-corrected chi connectivity index (χ1v) is 32.2. The van der Waals surface area contributed by atoms with Gasteiger partial charge in [0.1, 0.15) is 17.2 Å². The molecule has 12 aromatic rings. The summed E-state index contributed by atoms with van der Waals surface area (Å²) in [6.45, 7) is 12.4. The second-order valence-corrected chi connectivity index (χ2v) is 24.3. The van der Waals surface area contributed by atoms with Gasteiger partial charge in [-0.05, 0) is 93.9 Å². The van der Waals surface area contributed by atoms with Crippen molar-refractivity contribution in [2.24, 2.45) is 21.1 Å². The molecule has 3 saturated heterocycles. The number of rotatable bonds is 15. The van der Waals surface area contributed by atoms with Crippen LogP contribution >= 0.6 is 0 Å². The molecule has 0 spiro atoms. The van der Waals surface area contributed by atoms with Crippen LogP contribution in [-0.2, 0) is 21.1 Å². The third-order valence-electron chi connectivity index (χ3n) is 18.1. The van der Waals surface area contributed by atoms with Crippen molar-refractivity contribution in [3.05, 3.63) is 165 Å². The predicted octanol–water partition coefficient (Wildman–Crippen LogP) is 10.6. The van der Waals surface area contributed by atoms with Crippen molar-refractivity contribution in [2.45, 2.75) is 0 Å². The minimum atomic E-state index is 0.527. The van der Waals surface area contributed by atoms with Gasteiger partial charge in [0.05, 0.1) is 90.6 Å². The van der Waals surface area contributed by atoms with E-state index in [4.69, 9.17) is 29.2 Å². The lowest BCUT2D eigenvalue weighted by atomic mass is 10.1. The van der Waals surface area contributed by atoms with E-state index in [-0.39, 0.29) is 0 Å². The van der Waals surface area contributed by atoms with Crippen molar-refractivity contribution in [1.82, 2.24) is 73.3 Å². The van der Waals surface area contributed by atoms with Crippen LogP contribution in [0.2, 0.25) is 0 Å². The molecule has 0 aliphatic carbocycles. The SMILES string of the molecule is COc1cc(N2CCN(C)CC2)ccc1Nc1nccc(-c2cn(C)c3cnccc23)n1.COc1cc(N2CCN(C)CC2)ccc1Nc1nccc(-c2cn(C)c3cnccc23)n1.COc1cc(N2CCN(C)CC2)ccc1Nc1nccc(-c2cn(C)c3cnccc23)n1. The van der Waals surface area contributed by atoms with E-state index in [0.717, 1.165) is 179 Å². The largest absolute Gasteiger partial charge is 0.494 e. The number of ether oxygens (including phenoxy) is 3. The van der Waals surface area contributed by atoms with Crippen molar-refractivity contribution in [2.75, 3.05) is 152 Å². The van der Waals surface area contributed by atoms with Crippen molar-refractivity contribution < 1.29 is 14.2 Å². The summed E-state index contributed by atoms with van der Waals surface area (Å²) in [6.07, 6.45) is 22.6. The van der Waals surface area contributed by atoms with Crippen molar-refractivity contribution >= 4 is 84.7 Å². The standard InChI is InChI=1S/3C24H27N7O/c3*1-29-10-12-31(13-11-29)17-4-5-21(23(14-17)32-3)28-24-26-9-7-20(27-24)19-16-30(2)22-15-25-8-6-18(19)22/h3*4-9,14-16H,10-13H2,1-3H3,(H,26,27,28). The van der Waals surface area contributed by atoms with Gasteiger partial charge in [-0.15, -0.1) is 0 Å². The number of aromatic nitrogens is 12. The molecule has 0 radical (unpaired) electrons. The van der Waals surface area contributed by atoms with Gasteiger partial charge in [-0.1, -0.05) is 0 Å². The lowest BCUT2D eigenvalue weighted by molar-refractivity contribution is 0.312. The molecule has 96 heavy (non-hydrogen) atoms. The summed E-state index contributed by atoms with van der Waals surface area (Å²) in [4.78, 5) is 54.5. The number of pyridine rings is 3. The van der Waals surface area contributed by atoms with Crippen LogP contribution in [0.25, 0.3) is 66.5 Å². The molecule has 3 N–H and O–H groups in total. The van der Waals surface area contributed by atoms with E-state index < -0.39 is 0 Å². The summed E-state index contributed by atoms with van der Waals surface area (Å²) in [6, 6.07) is 30.5. The summed E-state index contributed by atoms with van der Waals surface area (Å²) in [7, 11) is 17.6. The molecular formula is C72H81N21O3. The third-order valence-corrected chi connectivity index (χ3v) is 18.1. The van der Waals surface area contributed by atoms with Gasteiger partial charge in [-0.3, -0.25) is 15.0 Å². The number of hydrogen-bond donors (Lipinski definition) is 3. The highest BCUT2D eigenvalue weighted by Crippen LogP contribution is 2.38. The number of methoxy groups -OCH3 is 3. The minimum absolute atomic E-state index is 0.527. The molecule has 12 heterocycles. The molecule has 492 valence electrons. The zero-order valence-electron chi connectivity index (χ0n) is 55.8. The molecule has 3 aliphatic heterocycles. The van der Waals surface area contributed by atoms with Gasteiger partial charge in [0.15, 0.2) is 0 Å². The Kier molecular flexibility index (Phi) is 19.1. The summed E-state index contributed by atoms with van der Waals surface area (Å²) in [5.41, 5.74) is 14.9. The predicted molar refractivity (Wildman–Crippen MR) is 383 cm³/mol. The molecule has 15 rings (SSSR count). The van der Waals surface area contributed by atoms with Crippen molar-refractivity contribution in [3.8, 4) is 51.0 Å². The lowest BCUT2D eigenvalue weighted by Gasteiger charge is -2.34. The summed E-state index contributed by atoms with van der Waals surface area (Å²) < 4.78 is 23.2. The Bertz CT molecular complexity index is 4200. The summed E-state index contributed by atoms with van der Waals surface area (Å²) >= 11 is 0. The van der Waals surface area contributed by atoms with Crippen LogP contribution in [0.15, 0.2) is 165 Å². The number of likely N-dealkylation sites (N-methyl/N-ethyl adjacent to an activating group) is 3. The zero-order chi connectivity index (χ0) is 66.2. The minimum Gasteiger partial charge on any atom is -0.494 e. The molecule has 0 atom stereocenters. The molecule has 3 aliphatic rings. The van der Waals surface area contributed by atoms with Gasteiger partial charge in [-0.2, -0.15) is 0 Å². The van der Waals surface area contributed by atoms with Gasteiger partial charge < -0.3 is 73.3 Å². The molecule has 9 aromatic heterocycles. The highest BCUT2D eigenvalue weighted by Gasteiger charge is 2.22. The van der Waals surface area contributed by atoms with E-state index in [0.29, 0.717) is 17.8 Å².